The third-order valence-corrected chi connectivity index (χ3v) is 7.75. The van der Waals surface area contributed by atoms with Crippen LogP contribution in [0.15, 0.2) is 42.6 Å². The molecule has 4 aromatic rings. The van der Waals surface area contributed by atoms with Crippen molar-refractivity contribution in [2.45, 2.75) is 46.6 Å². The number of carbonyl (C=O) groups is 1. The number of halogens is 1. The van der Waals surface area contributed by atoms with Gasteiger partial charge in [0.05, 0.1) is 17.8 Å². The van der Waals surface area contributed by atoms with Crippen molar-refractivity contribution in [1.29, 1.82) is 0 Å². The highest BCUT2D eigenvalue weighted by Crippen LogP contribution is 2.35. The lowest BCUT2D eigenvalue weighted by Crippen LogP contribution is -2.25. The van der Waals surface area contributed by atoms with Gasteiger partial charge < -0.3 is 9.30 Å². The number of amides is 1. The molecule has 0 saturated carbocycles. The van der Waals surface area contributed by atoms with E-state index in [0.29, 0.717) is 13.2 Å². The topological polar surface area (TPSA) is 78.2 Å². The summed E-state index contributed by atoms with van der Waals surface area (Å²) in [6.07, 6.45) is 5.16. The summed E-state index contributed by atoms with van der Waals surface area (Å²) in [6, 6.07) is 12.2. The molecule has 1 atom stereocenters. The maximum Gasteiger partial charge on any atom is 0.233 e. The number of rotatable bonds is 10. The lowest BCUT2D eigenvalue weighted by molar-refractivity contribution is -0.119. The zero-order valence-electron chi connectivity index (χ0n) is 21.9. The number of aromatic nitrogens is 3. The number of para-hydroxylation sites is 1. The van der Waals surface area contributed by atoms with Gasteiger partial charge in [-0.15, -0.1) is 0 Å². The van der Waals surface area contributed by atoms with E-state index in [1.807, 2.05) is 43.8 Å². The Labute approximate surface area is 225 Å². The number of ether oxygens (including phenoxy) is 1. The van der Waals surface area contributed by atoms with E-state index >= 15 is 0 Å². The Balaban J connectivity index is 1.62. The van der Waals surface area contributed by atoms with Crippen LogP contribution in [0.2, 0.25) is 5.02 Å². The summed E-state index contributed by atoms with van der Waals surface area (Å²) in [5.74, 6) is 0.597. The van der Waals surface area contributed by atoms with Gasteiger partial charge in [0.15, 0.2) is 0 Å². The summed E-state index contributed by atoms with van der Waals surface area (Å²) in [7, 11) is 0.547. The monoisotopic (exact) mass is 540 g/mol. The van der Waals surface area contributed by atoms with E-state index in [9.17, 15) is 9.00 Å². The molecular formula is C28H33ClN4O3S. The fraction of sp³-hybridized carbons (Fsp3) is 0.357. The van der Waals surface area contributed by atoms with Crippen LogP contribution in [0.4, 0.5) is 0 Å². The summed E-state index contributed by atoms with van der Waals surface area (Å²) >= 11 is 6.29. The first-order valence-electron chi connectivity index (χ1n) is 12.3. The number of nitrogens with zero attached hydrogens (tertiary/aromatic N) is 3. The van der Waals surface area contributed by atoms with E-state index in [2.05, 4.69) is 39.5 Å². The van der Waals surface area contributed by atoms with Crippen LogP contribution in [0, 0.1) is 20.8 Å². The molecule has 0 bridgehead atoms. The van der Waals surface area contributed by atoms with Gasteiger partial charge in [0, 0.05) is 54.1 Å². The molecule has 1 N–H and O–H groups in total. The Hall–Kier alpha value is -3.10. The van der Waals surface area contributed by atoms with Crippen LogP contribution in [0.1, 0.15) is 35.2 Å². The summed E-state index contributed by atoms with van der Waals surface area (Å²) in [5.41, 5.74) is 7.53. The molecule has 0 spiro atoms. The van der Waals surface area contributed by atoms with Crippen molar-refractivity contribution in [3.8, 4) is 17.0 Å². The standard InChI is InChI=1S/C28H33ClN4O3S/c1-18-16-21(17-19(2)27(18)29)36-15-7-10-22-20(3)33(14-12-26(34)31-37(5)35)28-23(22)8-6-9-24(28)25-11-13-30-32(25)4/h6,8-9,11,13,16-17H,7,10,12,14-15H2,1-5H3,(H,31,34). The summed E-state index contributed by atoms with van der Waals surface area (Å²) < 4.78 is 24.1. The number of hydrogen-bond donors (Lipinski definition) is 1. The Bertz CT molecular complexity index is 1450. The zero-order valence-corrected chi connectivity index (χ0v) is 23.5. The highest BCUT2D eigenvalue weighted by Gasteiger charge is 2.19. The smallest absolute Gasteiger partial charge is 0.233 e. The number of carbonyl (C=O) groups excluding carboxylic acids is 1. The Morgan fingerprint density at radius 2 is 1.89 bits per heavy atom. The van der Waals surface area contributed by atoms with Gasteiger partial charge >= 0.3 is 0 Å². The average molecular weight is 541 g/mol. The minimum absolute atomic E-state index is 0.233. The quantitative estimate of drug-likeness (QED) is 0.272. The van der Waals surface area contributed by atoms with E-state index in [1.165, 1.54) is 11.8 Å². The predicted molar refractivity (Wildman–Crippen MR) is 150 cm³/mol. The van der Waals surface area contributed by atoms with Gasteiger partial charge in [-0.05, 0) is 68.5 Å². The number of nitrogens with one attached hydrogen (secondary N) is 1. The van der Waals surface area contributed by atoms with Gasteiger partial charge in [-0.25, -0.2) is 4.21 Å². The molecule has 196 valence electrons. The van der Waals surface area contributed by atoms with E-state index in [1.54, 1.807) is 6.20 Å². The second-order valence-corrected chi connectivity index (χ2v) is 10.8. The van der Waals surface area contributed by atoms with Crippen molar-refractivity contribution in [3.63, 3.8) is 0 Å². The predicted octanol–water partition coefficient (Wildman–Crippen LogP) is 5.43. The third-order valence-electron chi connectivity index (χ3n) is 6.64. The van der Waals surface area contributed by atoms with Crippen molar-refractivity contribution in [3.05, 3.63) is 70.0 Å². The van der Waals surface area contributed by atoms with Crippen LogP contribution in [0.5, 0.6) is 5.75 Å². The van der Waals surface area contributed by atoms with E-state index in [4.69, 9.17) is 16.3 Å². The van der Waals surface area contributed by atoms with E-state index < -0.39 is 11.0 Å². The molecule has 7 nitrogen and oxygen atoms in total. The summed E-state index contributed by atoms with van der Waals surface area (Å²) in [5, 5.41) is 6.30. The largest absolute Gasteiger partial charge is 0.494 e. The molecule has 37 heavy (non-hydrogen) atoms. The van der Waals surface area contributed by atoms with Crippen molar-refractivity contribution < 1.29 is 13.7 Å². The number of benzene rings is 2. The molecule has 1 unspecified atom stereocenters. The first-order chi connectivity index (χ1) is 17.7. The first kappa shape index (κ1) is 26.9. The highest BCUT2D eigenvalue weighted by atomic mass is 35.5. The van der Waals surface area contributed by atoms with Crippen LogP contribution in [0.3, 0.4) is 0 Å². The number of fused-ring (bicyclic) bond motifs is 1. The van der Waals surface area contributed by atoms with Crippen molar-refractivity contribution >= 4 is 39.4 Å². The molecule has 0 radical (unpaired) electrons. The molecule has 2 heterocycles. The molecule has 0 aliphatic heterocycles. The minimum Gasteiger partial charge on any atom is -0.494 e. The molecule has 0 aliphatic rings. The SMILES string of the molecule is Cc1cc(OCCCc2c(C)n(CCC(=O)NS(C)=O)c3c(-c4ccnn4C)cccc23)cc(C)c1Cl. The summed E-state index contributed by atoms with van der Waals surface area (Å²) in [6.45, 7) is 7.14. The maximum absolute atomic E-state index is 12.3. The molecule has 9 heteroatoms. The first-order valence-corrected chi connectivity index (χ1v) is 14.2. The van der Waals surface area contributed by atoms with Crippen LogP contribution >= 0.6 is 11.6 Å². The van der Waals surface area contributed by atoms with Crippen LogP contribution in [-0.2, 0) is 35.8 Å². The van der Waals surface area contributed by atoms with E-state index in [0.717, 1.165) is 62.6 Å². The summed E-state index contributed by atoms with van der Waals surface area (Å²) in [4.78, 5) is 12.3. The molecule has 1 amide bonds. The second-order valence-electron chi connectivity index (χ2n) is 9.31. The van der Waals surface area contributed by atoms with Gasteiger partial charge in [-0.3, -0.25) is 14.2 Å². The molecule has 4 rings (SSSR count). The highest BCUT2D eigenvalue weighted by molar-refractivity contribution is 7.82. The van der Waals surface area contributed by atoms with Crippen molar-refractivity contribution in [2.75, 3.05) is 12.9 Å². The van der Waals surface area contributed by atoms with E-state index in [-0.39, 0.29) is 12.3 Å². The fourth-order valence-electron chi connectivity index (χ4n) is 4.90. The Morgan fingerprint density at radius 3 is 2.54 bits per heavy atom. The molecular weight excluding hydrogens is 508 g/mol. The lowest BCUT2D eigenvalue weighted by atomic mass is 10.0. The van der Waals surface area contributed by atoms with Gasteiger partial charge in [0.25, 0.3) is 0 Å². The average Bonchev–Trinajstić information content (AvgIpc) is 3.38. The van der Waals surface area contributed by atoms with Crippen molar-refractivity contribution in [1.82, 2.24) is 19.1 Å². The Kier molecular flexibility index (Phi) is 8.39. The fourth-order valence-corrected chi connectivity index (χ4v) is 5.43. The minimum atomic E-state index is -1.38. The Morgan fingerprint density at radius 1 is 1.16 bits per heavy atom. The van der Waals surface area contributed by atoms with Gasteiger partial charge in [0.1, 0.15) is 16.7 Å². The number of hydrogen-bond acceptors (Lipinski definition) is 4. The lowest BCUT2D eigenvalue weighted by Gasteiger charge is -2.12. The third kappa shape index (κ3) is 5.91. The zero-order chi connectivity index (χ0) is 26.7. The maximum atomic E-state index is 12.3. The van der Waals surface area contributed by atoms with Gasteiger partial charge in [-0.2, -0.15) is 5.10 Å². The van der Waals surface area contributed by atoms with Gasteiger partial charge in [0.2, 0.25) is 5.91 Å². The van der Waals surface area contributed by atoms with Gasteiger partial charge in [-0.1, -0.05) is 29.8 Å². The van der Waals surface area contributed by atoms with Crippen LogP contribution in [0.25, 0.3) is 22.2 Å². The second kappa shape index (κ2) is 11.5. The molecule has 0 saturated heterocycles. The van der Waals surface area contributed by atoms with Crippen LogP contribution in [-0.4, -0.2) is 37.3 Å². The van der Waals surface area contributed by atoms with Crippen LogP contribution < -0.4 is 9.46 Å². The number of aryl methyl sites for hydroxylation is 5. The normalized spacial score (nSPS) is 12.2. The molecule has 2 aromatic heterocycles. The van der Waals surface area contributed by atoms with Crippen molar-refractivity contribution in [2.24, 2.45) is 7.05 Å². The molecule has 2 aromatic carbocycles. The molecule has 0 fully saturated rings. The molecule has 0 aliphatic carbocycles.